The van der Waals surface area contributed by atoms with E-state index in [0.29, 0.717) is 0 Å². The second-order valence-electron chi connectivity index (χ2n) is 3.35. The first-order valence-electron chi connectivity index (χ1n) is 5.01. The molecule has 0 fully saturated rings. The Labute approximate surface area is 84.5 Å². The summed E-state index contributed by atoms with van der Waals surface area (Å²) in [5.41, 5.74) is 8.00. The fraction of sp³-hybridized carbons (Fsp3) is 0.889. The van der Waals surface area contributed by atoms with Gasteiger partial charge in [-0.1, -0.05) is 31.3 Å². The maximum atomic E-state index is 11.1. The van der Waals surface area contributed by atoms with Gasteiger partial charge in [-0.3, -0.25) is 4.79 Å². The Bertz CT molecular complexity index is 211. The van der Waals surface area contributed by atoms with Crippen LogP contribution >= 0.6 is 0 Å². The Morgan fingerprint density at radius 3 is 2.86 bits per heavy atom. The summed E-state index contributed by atoms with van der Waals surface area (Å²) in [6, 6.07) is 0.169. The Balaban J connectivity index is 3.54. The molecule has 0 bridgehead atoms. The molecule has 1 unspecified atom stereocenters. The van der Waals surface area contributed by atoms with Gasteiger partial charge in [0.25, 0.3) is 0 Å². The number of nitrogens with zero attached hydrogens (tertiary/aromatic N) is 3. The van der Waals surface area contributed by atoms with Crippen LogP contribution in [0.15, 0.2) is 5.11 Å². The third-order valence-electron chi connectivity index (χ3n) is 1.93. The fourth-order valence-corrected chi connectivity index (χ4v) is 1.19. The van der Waals surface area contributed by atoms with Crippen LogP contribution in [0.25, 0.3) is 10.4 Å². The molecule has 0 aromatic carbocycles. The first kappa shape index (κ1) is 12.8. The highest BCUT2D eigenvalue weighted by molar-refractivity contribution is 5.78. The normalized spacial score (nSPS) is 11.6. The highest BCUT2D eigenvalue weighted by Gasteiger charge is 2.05. The molecule has 0 saturated heterocycles. The van der Waals surface area contributed by atoms with E-state index in [-0.39, 0.29) is 18.5 Å². The molecule has 1 atom stereocenters. The van der Waals surface area contributed by atoms with Crippen molar-refractivity contribution in [2.45, 2.75) is 45.6 Å². The number of azide groups is 1. The zero-order valence-electron chi connectivity index (χ0n) is 8.86. The molecule has 0 aromatic rings. The van der Waals surface area contributed by atoms with Gasteiger partial charge in [0, 0.05) is 11.0 Å². The maximum absolute atomic E-state index is 11.1. The van der Waals surface area contributed by atoms with Gasteiger partial charge in [0.1, 0.15) is 6.54 Å². The summed E-state index contributed by atoms with van der Waals surface area (Å²) in [6.45, 7) is 4.00. The Kier molecular flexibility index (Phi) is 7.65. The molecule has 1 amide bonds. The Hall–Kier alpha value is -1.22. The lowest BCUT2D eigenvalue weighted by Gasteiger charge is -2.12. The van der Waals surface area contributed by atoms with E-state index in [0.717, 1.165) is 12.8 Å². The number of amides is 1. The predicted octanol–water partition coefficient (Wildman–Crippen LogP) is 2.38. The van der Waals surface area contributed by atoms with Crippen LogP contribution in [-0.4, -0.2) is 18.5 Å². The van der Waals surface area contributed by atoms with Crippen LogP contribution in [0.3, 0.4) is 0 Å². The van der Waals surface area contributed by atoms with Crippen molar-refractivity contribution in [3.8, 4) is 0 Å². The van der Waals surface area contributed by atoms with Gasteiger partial charge in [-0.2, -0.15) is 0 Å². The van der Waals surface area contributed by atoms with E-state index in [1.54, 1.807) is 0 Å². The smallest absolute Gasteiger partial charge is 0.226 e. The zero-order chi connectivity index (χ0) is 10.8. The molecule has 0 saturated carbocycles. The molecule has 0 aliphatic heterocycles. The summed E-state index contributed by atoms with van der Waals surface area (Å²) < 4.78 is 0. The van der Waals surface area contributed by atoms with Crippen molar-refractivity contribution in [2.24, 2.45) is 5.11 Å². The quantitative estimate of drug-likeness (QED) is 0.290. The topological polar surface area (TPSA) is 77.9 Å². The van der Waals surface area contributed by atoms with Crippen LogP contribution in [0.4, 0.5) is 0 Å². The molecule has 0 rings (SSSR count). The number of rotatable bonds is 7. The summed E-state index contributed by atoms with van der Waals surface area (Å²) in [7, 11) is 0. The monoisotopic (exact) mass is 198 g/mol. The predicted molar refractivity (Wildman–Crippen MR) is 55.8 cm³/mol. The summed E-state index contributed by atoms with van der Waals surface area (Å²) in [5.74, 6) is -0.202. The van der Waals surface area contributed by atoms with Crippen LogP contribution in [0.2, 0.25) is 0 Å². The molecule has 0 heterocycles. The van der Waals surface area contributed by atoms with E-state index >= 15 is 0 Å². The van der Waals surface area contributed by atoms with E-state index in [1.807, 2.05) is 6.92 Å². The standard InChI is InChI=1S/C9H18N4O/c1-3-4-5-6-8(2)12-9(14)7-11-13-10/h8H,3-7H2,1-2H3,(H,12,14). The van der Waals surface area contributed by atoms with E-state index < -0.39 is 0 Å². The third kappa shape index (κ3) is 7.43. The van der Waals surface area contributed by atoms with Crippen LogP contribution in [0.1, 0.15) is 39.5 Å². The SMILES string of the molecule is CCCCCC(C)NC(=O)CN=[N+]=[N-]. The van der Waals surface area contributed by atoms with E-state index in [4.69, 9.17) is 5.53 Å². The Morgan fingerprint density at radius 2 is 2.29 bits per heavy atom. The number of unbranched alkanes of at least 4 members (excludes halogenated alkanes) is 2. The van der Waals surface area contributed by atoms with Crippen molar-refractivity contribution in [1.29, 1.82) is 0 Å². The molecule has 0 aliphatic carbocycles. The van der Waals surface area contributed by atoms with Crippen molar-refractivity contribution >= 4 is 5.91 Å². The first-order valence-corrected chi connectivity index (χ1v) is 5.01. The minimum absolute atomic E-state index is 0.103. The molecule has 0 spiro atoms. The first-order chi connectivity index (χ1) is 6.70. The fourth-order valence-electron chi connectivity index (χ4n) is 1.19. The molecule has 80 valence electrons. The van der Waals surface area contributed by atoms with Gasteiger partial charge in [0.15, 0.2) is 0 Å². The van der Waals surface area contributed by atoms with Crippen LogP contribution in [0.5, 0.6) is 0 Å². The van der Waals surface area contributed by atoms with Crippen molar-refractivity contribution in [2.75, 3.05) is 6.54 Å². The zero-order valence-corrected chi connectivity index (χ0v) is 8.86. The van der Waals surface area contributed by atoms with Gasteiger partial charge in [-0.05, 0) is 18.9 Å². The third-order valence-corrected chi connectivity index (χ3v) is 1.93. The van der Waals surface area contributed by atoms with Gasteiger partial charge >= 0.3 is 0 Å². The average molecular weight is 198 g/mol. The lowest BCUT2D eigenvalue weighted by atomic mass is 10.1. The summed E-state index contributed by atoms with van der Waals surface area (Å²) >= 11 is 0. The number of carbonyl (C=O) groups is 1. The van der Waals surface area contributed by atoms with Gasteiger partial charge in [-0.25, -0.2) is 0 Å². The van der Waals surface area contributed by atoms with Crippen molar-refractivity contribution in [1.82, 2.24) is 5.32 Å². The molecule has 5 nitrogen and oxygen atoms in total. The van der Waals surface area contributed by atoms with Crippen molar-refractivity contribution in [3.05, 3.63) is 10.4 Å². The number of carbonyl (C=O) groups excluding carboxylic acids is 1. The van der Waals surface area contributed by atoms with E-state index in [1.165, 1.54) is 12.8 Å². The maximum Gasteiger partial charge on any atom is 0.226 e. The summed E-state index contributed by atoms with van der Waals surface area (Å²) in [6.07, 6.45) is 4.48. The Morgan fingerprint density at radius 1 is 1.57 bits per heavy atom. The van der Waals surface area contributed by atoms with E-state index in [2.05, 4.69) is 22.3 Å². The molecular formula is C9H18N4O. The molecule has 5 heteroatoms. The van der Waals surface area contributed by atoms with E-state index in [9.17, 15) is 4.79 Å². The molecular weight excluding hydrogens is 180 g/mol. The van der Waals surface area contributed by atoms with Gasteiger partial charge in [0.05, 0.1) is 0 Å². The van der Waals surface area contributed by atoms with Crippen LogP contribution in [-0.2, 0) is 4.79 Å². The van der Waals surface area contributed by atoms with Crippen molar-refractivity contribution < 1.29 is 4.79 Å². The minimum Gasteiger partial charge on any atom is -0.354 e. The van der Waals surface area contributed by atoms with Crippen LogP contribution < -0.4 is 5.32 Å². The highest BCUT2D eigenvalue weighted by Crippen LogP contribution is 2.02. The summed E-state index contributed by atoms with van der Waals surface area (Å²) in [5, 5.41) is 5.96. The highest BCUT2D eigenvalue weighted by atomic mass is 16.1. The molecule has 1 N–H and O–H groups in total. The van der Waals surface area contributed by atoms with Crippen LogP contribution in [0, 0.1) is 0 Å². The molecule has 0 radical (unpaired) electrons. The van der Waals surface area contributed by atoms with Gasteiger partial charge in [-0.15, -0.1) is 0 Å². The number of hydrogen-bond acceptors (Lipinski definition) is 2. The van der Waals surface area contributed by atoms with Gasteiger partial charge < -0.3 is 5.32 Å². The minimum atomic E-state index is -0.202. The van der Waals surface area contributed by atoms with Gasteiger partial charge in [0.2, 0.25) is 5.91 Å². The number of nitrogens with one attached hydrogen (secondary N) is 1. The molecule has 0 aromatic heterocycles. The van der Waals surface area contributed by atoms with Crippen molar-refractivity contribution in [3.63, 3.8) is 0 Å². The average Bonchev–Trinajstić information content (AvgIpc) is 2.15. The second kappa shape index (κ2) is 8.38. The molecule has 14 heavy (non-hydrogen) atoms. The lowest BCUT2D eigenvalue weighted by molar-refractivity contribution is -0.120. The lowest BCUT2D eigenvalue weighted by Crippen LogP contribution is -2.33. The summed E-state index contributed by atoms with van der Waals surface area (Å²) in [4.78, 5) is 13.6. The second-order valence-corrected chi connectivity index (χ2v) is 3.35. The molecule has 0 aliphatic rings. The largest absolute Gasteiger partial charge is 0.354 e. The number of hydrogen-bond donors (Lipinski definition) is 1.